The van der Waals surface area contributed by atoms with Crippen molar-refractivity contribution >= 4 is 28.2 Å². The molecule has 0 bridgehead atoms. The Bertz CT molecular complexity index is 411. The minimum Gasteiger partial charge on any atom is -0.394 e. The number of nitrogens with zero attached hydrogens (tertiary/aromatic N) is 2. The summed E-state index contributed by atoms with van der Waals surface area (Å²) < 4.78 is 5.04. The van der Waals surface area contributed by atoms with Gasteiger partial charge in [0.25, 0.3) is 5.91 Å². The van der Waals surface area contributed by atoms with Crippen LogP contribution in [0.2, 0.25) is 0 Å². The number of rotatable bonds is 8. The van der Waals surface area contributed by atoms with E-state index in [1.807, 2.05) is 18.9 Å². The highest BCUT2D eigenvalue weighted by atomic mass is 32.1. The number of aromatic nitrogens is 1. The highest BCUT2D eigenvalue weighted by Gasteiger charge is 2.17. The van der Waals surface area contributed by atoms with Gasteiger partial charge >= 0.3 is 0 Å². The highest BCUT2D eigenvalue weighted by molar-refractivity contribution is 7.18. The van der Waals surface area contributed by atoms with E-state index in [-0.39, 0.29) is 24.9 Å². The van der Waals surface area contributed by atoms with Crippen LogP contribution in [0.15, 0.2) is 0 Å². The third kappa shape index (κ3) is 4.66. The minimum atomic E-state index is -0.252. The van der Waals surface area contributed by atoms with Crippen molar-refractivity contribution in [2.24, 2.45) is 0 Å². The largest absolute Gasteiger partial charge is 0.394 e. The summed E-state index contributed by atoms with van der Waals surface area (Å²) in [5, 5.41) is 11.9. The van der Waals surface area contributed by atoms with Crippen molar-refractivity contribution in [1.82, 2.24) is 10.3 Å². The van der Waals surface area contributed by atoms with E-state index in [4.69, 9.17) is 15.6 Å². The number of ether oxygens (including phenoxy) is 1. The molecule has 0 radical (unpaired) electrons. The second kappa shape index (κ2) is 7.93. The molecule has 1 aromatic heterocycles. The summed E-state index contributed by atoms with van der Waals surface area (Å²) in [5.74, 6) is -0.00701. The van der Waals surface area contributed by atoms with Gasteiger partial charge in [-0.1, -0.05) is 11.3 Å². The topological polar surface area (TPSA) is 101 Å². The van der Waals surface area contributed by atoms with Gasteiger partial charge in [-0.25, -0.2) is 4.98 Å². The number of hydrogen-bond donors (Lipinski definition) is 3. The lowest BCUT2D eigenvalue weighted by atomic mass is 10.4. The van der Waals surface area contributed by atoms with Gasteiger partial charge in [-0.05, 0) is 6.92 Å². The maximum Gasteiger partial charge on any atom is 0.265 e. The van der Waals surface area contributed by atoms with Crippen LogP contribution in [-0.4, -0.2) is 56.0 Å². The molecule has 1 rings (SSSR count). The van der Waals surface area contributed by atoms with E-state index in [0.29, 0.717) is 18.0 Å². The predicted octanol–water partition coefficient (Wildman–Crippen LogP) is -0.0799. The van der Waals surface area contributed by atoms with Gasteiger partial charge in [0.15, 0.2) is 5.13 Å². The van der Waals surface area contributed by atoms with Crippen LogP contribution in [0.3, 0.4) is 0 Å². The first-order valence-electron chi connectivity index (χ1n) is 6.04. The smallest absolute Gasteiger partial charge is 0.265 e. The normalized spacial score (nSPS) is 10.5. The molecule has 0 unspecified atom stereocenters. The van der Waals surface area contributed by atoms with Gasteiger partial charge < -0.3 is 25.8 Å². The van der Waals surface area contributed by atoms with Crippen molar-refractivity contribution in [2.45, 2.75) is 6.92 Å². The molecule has 4 N–H and O–H groups in total. The molecule has 0 fully saturated rings. The molecule has 0 aromatic carbocycles. The monoisotopic (exact) mass is 288 g/mol. The van der Waals surface area contributed by atoms with Crippen LogP contribution in [0.4, 0.5) is 10.9 Å². The standard InChI is InChI=1S/C11H20N4O3S/c1-3-15(2)11-14-9(12)8(19-11)10(17)13-4-6-18-7-5-16/h16H,3-7,12H2,1-2H3,(H,13,17). The first-order valence-corrected chi connectivity index (χ1v) is 6.86. The third-order valence-corrected chi connectivity index (χ3v) is 3.60. The van der Waals surface area contributed by atoms with Crippen molar-refractivity contribution in [3.05, 3.63) is 4.88 Å². The Morgan fingerprint density at radius 1 is 1.58 bits per heavy atom. The second-order valence-corrected chi connectivity index (χ2v) is 4.79. The van der Waals surface area contributed by atoms with Crippen LogP contribution in [0, 0.1) is 0 Å². The molecule has 19 heavy (non-hydrogen) atoms. The fourth-order valence-electron chi connectivity index (χ4n) is 1.27. The summed E-state index contributed by atoms with van der Waals surface area (Å²) in [7, 11) is 1.89. The fourth-order valence-corrected chi connectivity index (χ4v) is 2.19. The van der Waals surface area contributed by atoms with Gasteiger partial charge in [0, 0.05) is 20.1 Å². The lowest BCUT2D eigenvalue weighted by molar-refractivity contribution is 0.0841. The number of nitrogens with two attached hydrogens (primary N) is 1. The van der Waals surface area contributed by atoms with E-state index in [9.17, 15) is 4.79 Å². The lowest BCUT2D eigenvalue weighted by Gasteiger charge is -2.10. The van der Waals surface area contributed by atoms with Crippen LogP contribution in [0.5, 0.6) is 0 Å². The Labute approximate surface area is 116 Å². The number of carbonyl (C=O) groups excluding carboxylic acids is 1. The Morgan fingerprint density at radius 2 is 2.32 bits per heavy atom. The molecular formula is C11H20N4O3S. The molecule has 0 saturated heterocycles. The molecule has 108 valence electrons. The zero-order chi connectivity index (χ0) is 14.3. The van der Waals surface area contributed by atoms with Crippen LogP contribution in [0.1, 0.15) is 16.6 Å². The zero-order valence-corrected chi connectivity index (χ0v) is 12.0. The summed E-state index contributed by atoms with van der Waals surface area (Å²) in [4.78, 5) is 18.4. The number of carbonyl (C=O) groups is 1. The van der Waals surface area contributed by atoms with Gasteiger partial charge in [-0.15, -0.1) is 0 Å². The van der Waals surface area contributed by atoms with E-state index >= 15 is 0 Å². The van der Waals surface area contributed by atoms with Crippen molar-refractivity contribution in [3.8, 4) is 0 Å². The van der Waals surface area contributed by atoms with Crippen LogP contribution in [0.25, 0.3) is 0 Å². The van der Waals surface area contributed by atoms with Gasteiger partial charge in [-0.2, -0.15) is 0 Å². The average molecular weight is 288 g/mol. The zero-order valence-electron chi connectivity index (χ0n) is 11.2. The van der Waals surface area contributed by atoms with Gasteiger partial charge in [0.2, 0.25) is 0 Å². The first kappa shape index (κ1) is 15.7. The van der Waals surface area contributed by atoms with Crippen LogP contribution < -0.4 is 16.0 Å². The molecular weight excluding hydrogens is 268 g/mol. The minimum absolute atomic E-state index is 0.0253. The Kier molecular flexibility index (Phi) is 6.54. The third-order valence-electron chi connectivity index (χ3n) is 2.42. The van der Waals surface area contributed by atoms with Crippen molar-refractivity contribution in [3.63, 3.8) is 0 Å². The maximum absolute atomic E-state index is 11.9. The number of nitrogen functional groups attached to an aromatic ring is 1. The summed E-state index contributed by atoms with van der Waals surface area (Å²) in [6.45, 7) is 3.76. The number of aliphatic hydroxyl groups is 1. The lowest BCUT2D eigenvalue weighted by Crippen LogP contribution is -2.27. The summed E-state index contributed by atoms with van der Waals surface area (Å²) in [5.41, 5.74) is 5.73. The van der Waals surface area contributed by atoms with Gasteiger partial charge in [-0.3, -0.25) is 4.79 Å². The van der Waals surface area contributed by atoms with Crippen molar-refractivity contribution in [1.29, 1.82) is 0 Å². The van der Waals surface area contributed by atoms with Crippen LogP contribution in [-0.2, 0) is 4.74 Å². The second-order valence-electron chi connectivity index (χ2n) is 3.82. The molecule has 0 aliphatic heterocycles. The van der Waals surface area contributed by atoms with Gasteiger partial charge in [0.05, 0.1) is 19.8 Å². The number of nitrogens with one attached hydrogen (secondary N) is 1. The number of anilines is 2. The molecule has 0 aliphatic rings. The summed E-state index contributed by atoms with van der Waals surface area (Å²) >= 11 is 1.27. The van der Waals surface area contributed by atoms with Gasteiger partial charge in [0.1, 0.15) is 10.7 Å². The SMILES string of the molecule is CCN(C)c1nc(N)c(C(=O)NCCOCCO)s1. The quantitative estimate of drug-likeness (QED) is 0.578. The summed E-state index contributed by atoms with van der Waals surface area (Å²) in [6.07, 6.45) is 0. The Hall–Kier alpha value is -1.38. The average Bonchev–Trinajstić information content (AvgIpc) is 2.79. The number of aliphatic hydroxyl groups excluding tert-OH is 1. The maximum atomic E-state index is 11.9. The van der Waals surface area contributed by atoms with E-state index in [1.165, 1.54) is 11.3 Å². The molecule has 1 aromatic rings. The molecule has 8 heteroatoms. The predicted molar refractivity (Wildman–Crippen MR) is 75.7 cm³/mol. The van der Waals surface area contributed by atoms with Crippen molar-refractivity contribution in [2.75, 3.05) is 50.6 Å². The molecule has 7 nitrogen and oxygen atoms in total. The molecule has 0 spiro atoms. The van der Waals surface area contributed by atoms with Crippen LogP contribution >= 0.6 is 11.3 Å². The van der Waals surface area contributed by atoms with E-state index in [2.05, 4.69) is 10.3 Å². The van der Waals surface area contributed by atoms with Crippen molar-refractivity contribution < 1.29 is 14.6 Å². The molecule has 1 heterocycles. The van der Waals surface area contributed by atoms with E-state index in [0.717, 1.165) is 11.7 Å². The number of amides is 1. The molecule has 1 amide bonds. The Balaban J connectivity index is 2.50. The van der Waals surface area contributed by atoms with E-state index < -0.39 is 0 Å². The molecule has 0 saturated carbocycles. The number of thiazole rings is 1. The van der Waals surface area contributed by atoms with E-state index in [1.54, 1.807) is 0 Å². The summed E-state index contributed by atoms with van der Waals surface area (Å²) in [6, 6.07) is 0. The highest BCUT2D eigenvalue weighted by Crippen LogP contribution is 2.26. The fraction of sp³-hybridized carbons (Fsp3) is 0.636. The molecule has 0 atom stereocenters. The Morgan fingerprint density at radius 3 is 2.95 bits per heavy atom. The number of hydrogen-bond acceptors (Lipinski definition) is 7. The molecule has 0 aliphatic carbocycles. The first-order chi connectivity index (χ1) is 9.10.